The molecule has 1 aliphatic rings. The lowest BCUT2D eigenvalue weighted by Crippen LogP contribution is -2.23. The maximum Gasteiger partial charge on any atom is 0.411 e. The fourth-order valence-corrected chi connectivity index (χ4v) is 1.85. The molecule has 1 rings (SSSR count). The summed E-state index contributed by atoms with van der Waals surface area (Å²) in [6.07, 6.45) is -0.702. The number of hydrogen-bond acceptors (Lipinski definition) is 3. The molecule has 1 heterocycles. The number of aliphatic hydroxyl groups is 1. The van der Waals surface area contributed by atoms with Crippen LogP contribution in [0.4, 0.5) is 13.2 Å². The first-order valence-electron chi connectivity index (χ1n) is 5.91. The van der Waals surface area contributed by atoms with Gasteiger partial charge in [0.1, 0.15) is 6.61 Å². The number of hydrogen-bond donors (Lipinski definition) is 1. The van der Waals surface area contributed by atoms with Crippen LogP contribution in [-0.4, -0.2) is 43.3 Å². The van der Waals surface area contributed by atoms with E-state index in [1.165, 1.54) is 0 Å². The molecule has 0 amide bonds. The van der Waals surface area contributed by atoms with E-state index in [9.17, 15) is 18.3 Å². The predicted octanol–water partition coefficient (Wildman–Crippen LogP) is 2.28. The summed E-state index contributed by atoms with van der Waals surface area (Å²) in [5.74, 6) is 0. The summed E-state index contributed by atoms with van der Waals surface area (Å²) >= 11 is 0. The summed E-state index contributed by atoms with van der Waals surface area (Å²) in [5.41, 5.74) is 0. The van der Waals surface area contributed by atoms with Crippen molar-refractivity contribution in [2.24, 2.45) is 0 Å². The SMILES string of the molecule is OC(CCCC1CCCO1)COCC(F)(F)F. The van der Waals surface area contributed by atoms with Gasteiger partial charge in [-0.05, 0) is 32.1 Å². The van der Waals surface area contributed by atoms with Gasteiger partial charge in [-0.1, -0.05) is 0 Å². The Morgan fingerprint density at radius 3 is 2.76 bits per heavy atom. The highest BCUT2D eigenvalue weighted by Gasteiger charge is 2.27. The highest BCUT2D eigenvalue weighted by Crippen LogP contribution is 2.18. The molecule has 0 radical (unpaired) electrons. The molecule has 0 aromatic heterocycles. The van der Waals surface area contributed by atoms with Crippen LogP contribution < -0.4 is 0 Å². The number of aliphatic hydroxyl groups excluding tert-OH is 1. The maximum absolute atomic E-state index is 11.7. The number of halogens is 3. The number of alkyl halides is 3. The monoisotopic (exact) mass is 256 g/mol. The van der Waals surface area contributed by atoms with Gasteiger partial charge in [0.25, 0.3) is 0 Å². The van der Waals surface area contributed by atoms with Crippen LogP contribution >= 0.6 is 0 Å². The third kappa shape index (κ3) is 7.57. The van der Waals surface area contributed by atoms with Crippen molar-refractivity contribution in [1.82, 2.24) is 0 Å². The molecule has 0 saturated carbocycles. The molecule has 3 nitrogen and oxygen atoms in total. The quantitative estimate of drug-likeness (QED) is 0.759. The fourth-order valence-electron chi connectivity index (χ4n) is 1.85. The second-order valence-corrected chi connectivity index (χ2v) is 4.35. The van der Waals surface area contributed by atoms with Crippen molar-refractivity contribution in [2.45, 2.75) is 50.5 Å². The molecule has 2 unspecified atom stereocenters. The van der Waals surface area contributed by atoms with E-state index in [1.54, 1.807) is 0 Å². The van der Waals surface area contributed by atoms with Crippen molar-refractivity contribution in [3.63, 3.8) is 0 Å². The summed E-state index contributed by atoms with van der Waals surface area (Å²) < 4.78 is 45.0. The van der Waals surface area contributed by atoms with E-state index in [-0.39, 0.29) is 12.7 Å². The lowest BCUT2D eigenvalue weighted by Gasteiger charge is -2.14. The molecule has 1 aliphatic heterocycles. The molecular formula is C11H19F3O3. The van der Waals surface area contributed by atoms with Gasteiger partial charge in [0.05, 0.1) is 18.8 Å². The standard InChI is InChI=1S/C11H19F3O3/c12-11(13,14)8-16-7-9(15)3-1-4-10-5-2-6-17-10/h9-10,15H,1-8H2. The van der Waals surface area contributed by atoms with Crippen LogP contribution in [0.15, 0.2) is 0 Å². The minimum absolute atomic E-state index is 0.259. The molecule has 1 N–H and O–H groups in total. The molecule has 1 saturated heterocycles. The zero-order valence-corrected chi connectivity index (χ0v) is 9.71. The molecule has 0 aromatic rings. The second-order valence-electron chi connectivity index (χ2n) is 4.35. The van der Waals surface area contributed by atoms with Crippen molar-refractivity contribution in [1.29, 1.82) is 0 Å². The van der Waals surface area contributed by atoms with Crippen molar-refractivity contribution in [2.75, 3.05) is 19.8 Å². The van der Waals surface area contributed by atoms with Crippen molar-refractivity contribution < 1.29 is 27.8 Å². The van der Waals surface area contributed by atoms with Crippen LogP contribution in [0.3, 0.4) is 0 Å². The van der Waals surface area contributed by atoms with Crippen molar-refractivity contribution >= 4 is 0 Å². The number of rotatable bonds is 7. The van der Waals surface area contributed by atoms with Gasteiger partial charge in [-0.25, -0.2) is 0 Å². The summed E-state index contributed by atoms with van der Waals surface area (Å²) in [7, 11) is 0. The molecule has 102 valence electrons. The van der Waals surface area contributed by atoms with Gasteiger partial charge in [-0.2, -0.15) is 13.2 Å². The van der Waals surface area contributed by atoms with Gasteiger partial charge >= 0.3 is 6.18 Å². The molecule has 17 heavy (non-hydrogen) atoms. The predicted molar refractivity (Wildman–Crippen MR) is 55.7 cm³/mol. The van der Waals surface area contributed by atoms with Crippen LogP contribution in [0, 0.1) is 0 Å². The highest BCUT2D eigenvalue weighted by atomic mass is 19.4. The summed E-state index contributed by atoms with van der Waals surface area (Å²) in [4.78, 5) is 0. The largest absolute Gasteiger partial charge is 0.411 e. The van der Waals surface area contributed by atoms with Crippen LogP contribution in [0.5, 0.6) is 0 Å². The van der Waals surface area contributed by atoms with Gasteiger partial charge < -0.3 is 14.6 Å². The number of ether oxygens (including phenoxy) is 2. The molecule has 0 aliphatic carbocycles. The van der Waals surface area contributed by atoms with Crippen molar-refractivity contribution in [3.8, 4) is 0 Å². The van der Waals surface area contributed by atoms with E-state index in [0.717, 1.165) is 32.3 Å². The Balaban J connectivity index is 1.95. The summed E-state index contributed by atoms with van der Waals surface area (Å²) in [6.45, 7) is -0.761. The van der Waals surface area contributed by atoms with E-state index in [2.05, 4.69) is 4.74 Å². The summed E-state index contributed by atoms with van der Waals surface area (Å²) in [5, 5.41) is 9.39. The summed E-state index contributed by atoms with van der Waals surface area (Å²) in [6, 6.07) is 0. The van der Waals surface area contributed by atoms with E-state index >= 15 is 0 Å². The fraction of sp³-hybridized carbons (Fsp3) is 1.00. The van der Waals surface area contributed by atoms with Crippen LogP contribution in [0.2, 0.25) is 0 Å². The third-order valence-corrected chi connectivity index (χ3v) is 2.66. The van der Waals surface area contributed by atoms with E-state index in [1.807, 2.05) is 0 Å². The Kier molecular flexibility index (Phi) is 6.22. The molecule has 1 fully saturated rings. The van der Waals surface area contributed by atoms with Crippen LogP contribution in [0.1, 0.15) is 32.1 Å². The Hall–Kier alpha value is -0.330. The first-order valence-corrected chi connectivity index (χ1v) is 5.91. The molecule has 6 heteroatoms. The normalized spacial score (nSPS) is 22.9. The average Bonchev–Trinajstić information content (AvgIpc) is 2.68. The molecule has 0 spiro atoms. The first-order chi connectivity index (χ1) is 7.97. The van der Waals surface area contributed by atoms with Gasteiger partial charge in [-0.15, -0.1) is 0 Å². The van der Waals surface area contributed by atoms with E-state index in [4.69, 9.17) is 4.74 Å². The second kappa shape index (κ2) is 7.18. The van der Waals surface area contributed by atoms with E-state index < -0.39 is 18.9 Å². The average molecular weight is 256 g/mol. The van der Waals surface area contributed by atoms with Crippen LogP contribution in [-0.2, 0) is 9.47 Å². The van der Waals surface area contributed by atoms with Gasteiger partial charge in [0.2, 0.25) is 0 Å². The molecule has 0 bridgehead atoms. The Bertz CT molecular complexity index is 203. The molecular weight excluding hydrogens is 237 g/mol. The smallest absolute Gasteiger partial charge is 0.391 e. The minimum atomic E-state index is -4.32. The zero-order valence-electron chi connectivity index (χ0n) is 9.71. The first kappa shape index (κ1) is 14.7. The minimum Gasteiger partial charge on any atom is -0.391 e. The lowest BCUT2D eigenvalue weighted by atomic mass is 10.1. The molecule has 2 atom stereocenters. The topological polar surface area (TPSA) is 38.7 Å². The van der Waals surface area contributed by atoms with E-state index in [0.29, 0.717) is 6.42 Å². The maximum atomic E-state index is 11.7. The van der Waals surface area contributed by atoms with Gasteiger partial charge in [0, 0.05) is 6.61 Å². The zero-order chi connectivity index (χ0) is 12.7. The highest BCUT2D eigenvalue weighted by molar-refractivity contribution is 4.66. The molecule has 0 aromatic carbocycles. The lowest BCUT2D eigenvalue weighted by molar-refractivity contribution is -0.179. The third-order valence-electron chi connectivity index (χ3n) is 2.66. The van der Waals surface area contributed by atoms with Crippen LogP contribution in [0.25, 0.3) is 0 Å². The van der Waals surface area contributed by atoms with Gasteiger partial charge in [-0.3, -0.25) is 0 Å². The Morgan fingerprint density at radius 1 is 1.41 bits per heavy atom. The van der Waals surface area contributed by atoms with Crippen molar-refractivity contribution in [3.05, 3.63) is 0 Å². The Labute approximate surface area is 98.9 Å². The van der Waals surface area contributed by atoms with Gasteiger partial charge in [0.15, 0.2) is 0 Å². The Morgan fingerprint density at radius 2 is 2.18 bits per heavy atom.